The van der Waals surface area contributed by atoms with Crippen LogP contribution in [0.4, 0.5) is 0 Å². The maximum Gasteiger partial charge on any atom is 0.165 e. The van der Waals surface area contributed by atoms with Crippen molar-refractivity contribution in [1.29, 1.82) is 0 Å². The third-order valence-electron chi connectivity index (χ3n) is 3.19. The molecule has 0 aliphatic heterocycles. The van der Waals surface area contributed by atoms with Gasteiger partial charge in [0.15, 0.2) is 5.82 Å². The van der Waals surface area contributed by atoms with E-state index in [1.807, 2.05) is 4.68 Å². The average molecular weight is 237 g/mol. The number of hydrogen-bond acceptors (Lipinski definition) is 4. The molecule has 0 aromatic carbocycles. The van der Waals surface area contributed by atoms with E-state index in [0.29, 0.717) is 12.0 Å². The predicted octanol–water partition coefficient (Wildman–Crippen LogP) is 1.78. The first-order chi connectivity index (χ1) is 8.16. The Hall–Kier alpha value is -0.970. The van der Waals surface area contributed by atoms with Crippen molar-refractivity contribution in [3.63, 3.8) is 0 Å². The molecule has 0 radical (unpaired) electrons. The number of hydrogen-bond donors (Lipinski definition) is 1. The summed E-state index contributed by atoms with van der Waals surface area (Å²) in [5.74, 6) is 2.52. The van der Waals surface area contributed by atoms with Crippen molar-refractivity contribution in [2.24, 2.45) is 11.8 Å². The molecule has 1 fully saturated rings. The Kier molecular flexibility index (Phi) is 4.10. The second-order valence-corrected chi connectivity index (χ2v) is 5.59. The van der Waals surface area contributed by atoms with Gasteiger partial charge in [-0.2, -0.15) is 0 Å². The molecule has 1 aliphatic rings. The lowest BCUT2D eigenvalue weighted by molar-refractivity contribution is 0.405. The number of nitrogens with zero attached hydrogens (tertiary/aromatic N) is 4. The lowest BCUT2D eigenvalue weighted by Crippen LogP contribution is -2.23. The summed E-state index contributed by atoms with van der Waals surface area (Å²) in [6.45, 7) is 8.38. The molecule has 1 aliphatic carbocycles. The number of tetrazole rings is 1. The fourth-order valence-electron chi connectivity index (χ4n) is 2.08. The molecule has 5 heteroatoms. The zero-order chi connectivity index (χ0) is 12.3. The largest absolute Gasteiger partial charge is 0.310 e. The van der Waals surface area contributed by atoms with E-state index >= 15 is 0 Å². The van der Waals surface area contributed by atoms with E-state index in [9.17, 15) is 0 Å². The monoisotopic (exact) mass is 237 g/mol. The van der Waals surface area contributed by atoms with E-state index in [0.717, 1.165) is 24.8 Å². The van der Waals surface area contributed by atoms with Crippen LogP contribution in [-0.4, -0.2) is 26.8 Å². The van der Waals surface area contributed by atoms with Crippen LogP contribution in [0.15, 0.2) is 0 Å². The average Bonchev–Trinajstić information content (AvgIpc) is 2.94. The van der Waals surface area contributed by atoms with Gasteiger partial charge in [-0.3, -0.25) is 0 Å². The Morgan fingerprint density at radius 2 is 2.12 bits per heavy atom. The van der Waals surface area contributed by atoms with Gasteiger partial charge in [0.25, 0.3) is 0 Å². The summed E-state index contributed by atoms with van der Waals surface area (Å²) in [6.07, 6.45) is 3.98. The summed E-state index contributed by atoms with van der Waals surface area (Å²) >= 11 is 0. The van der Waals surface area contributed by atoms with E-state index in [2.05, 4.69) is 41.6 Å². The van der Waals surface area contributed by atoms with Gasteiger partial charge in [0.2, 0.25) is 0 Å². The van der Waals surface area contributed by atoms with Gasteiger partial charge >= 0.3 is 0 Å². The molecule has 1 heterocycles. The van der Waals surface area contributed by atoms with Gasteiger partial charge in [-0.25, -0.2) is 4.68 Å². The third-order valence-corrected chi connectivity index (χ3v) is 3.19. The Morgan fingerprint density at radius 1 is 1.35 bits per heavy atom. The summed E-state index contributed by atoms with van der Waals surface area (Å²) < 4.78 is 1.98. The summed E-state index contributed by atoms with van der Waals surface area (Å²) in [6, 6.07) is 0.424. The van der Waals surface area contributed by atoms with Crippen LogP contribution < -0.4 is 5.32 Å². The molecule has 96 valence electrons. The van der Waals surface area contributed by atoms with Gasteiger partial charge in [0.1, 0.15) is 0 Å². The van der Waals surface area contributed by atoms with Crippen LogP contribution in [0.1, 0.15) is 51.9 Å². The first-order valence-electron chi connectivity index (χ1n) is 6.64. The highest BCUT2D eigenvalue weighted by Crippen LogP contribution is 2.36. The van der Waals surface area contributed by atoms with Gasteiger partial charge < -0.3 is 5.32 Å². The smallest absolute Gasteiger partial charge is 0.165 e. The van der Waals surface area contributed by atoms with E-state index in [1.54, 1.807) is 0 Å². The fraction of sp³-hybridized carbons (Fsp3) is 0.917. The Balaban J connectivity index is 1.86. The van der Waals surface area contributed by atoms with Crippen LogP contribution in [0.5, 0.6) is 0 Å². The van der Waals surface area contributed by atoms with Crippen LogP contribution in [-0.2, 0) is 6.54 Å². The number of rotatable bonds is 7. The Morgan fingerprint density at radius 3 is 2.76 bits per heavy atom. The van der Waals surface area contributed by atoms with Crippen molar-refractivity contribution in [1.82, 2.24) is 25.5 Å². The SMILES string of the molecule is CC(C)CNCc1nnnn1C(C)CC1CC1. The molecule has 1 N–H and O–H groups in total. The molecule has 1 unspecified atom stereocenters. The molecule has 1 aromatic rings. The second-order valence-electron chi connectivity index (χ2n) is 5.59. The first kappa shape index (κ1) is 12.5. The molecule has 2 rings (SSSR count). The molecule has 0 saturated heterocycles. The van der Waals surface area contributed by atoms with Crippen molar-refractivity contribution in [2.75, 3.05) is 6.54 Å². The maximum atomic E-state index is 4.11. The minimum atomic E-state index is 0.424. The van der Waals surface area contributed by atoms with Crippen LogP contribution in [0.3, 0.4) is 0 Å². The normalized spacial score (nSPS) is 17.6. The first-order valence-corrected chi connectivity index (χ1v) is 6.64. The molecule has 1 aromatic heterocycles. The lowest BCUT2D eigenvalue weighted by atomic mass is 10.1. The predicted molar refractivity (Wildman–Crippen MR) is 66.4 cm³/mol. The zero-order valence-corrected chi connectivity index (χ0v) is 11.1. The second kappa shape index (κ2) is 5.58. The molecule has 5 nitrogen and oxygen atoms in total. The summed E-state index contributed by atoms with van der Waals surface area (Å²) in [4.78, 5) is 0. The summed E-state index contributed by atoms with van der Waals surface area (Å²) in [5.41, 5.74) is 0. The van der Waals surface area contributed by atoms with Gasteiger partial charge in [-0.1, -0.05) is 26.7 Å². The molecule has 1 atom stereocenters. The van der Waals surface area contributed by atoms with Crippen molar-refractivity contribution in [2.45, 2.75) is 52.6 Å². The van der Waals surface area contributed by atoms with Gasteiger partial charge in [0, 0.05) is 0 Å². The van der Waals surface area contributed by atoms with Crippen molar-refractivity contribution < 1.29 is 0 Å². The van der Waals surface area contributed by atoms with E-state index in [1.165, 1.54) is 19.3 Å². The van der Waals surface area contributed by atoms with E-state index in [-0.39, 0.29) is 0 Å². The topological polar surface area (TPSA) is 55.6 Å². The molecule has 1 saturated carbocycles. The minimum absolute atomic E-state index is 0.424. The number of nitrogens with one attached hydrogen (secondary N) is 1. The molecule has 17 heavy (non-hydrogen) atoms. The maximum absolute atomic E-state index is 4.11. The Bertz CT molecular complexity index is 342. The quantitative estimate of drug-likeness (QED) is 0.785. The number of aromatic nitrogens is 4. The summed E-state index contributed by atoms with van der Waals surface area (Å²) in [5, 5.41) is 15.4. The van der Waals surface area contributed by atoms with Crippen LogP contribution in [0.25, 0.3) is 0 Å². The molecule has 0 spiro atoms. The van der Waals surface area contributed by atoms with Crippen LogP contribution in [0, 0.1) is 11.8 Å². The zero-order valence-electron chi connectivity index (χ0n) is 11.1. The van der Waals surface area contributed by atoms with Crippen molar-refractivity contribution in [3.8, 4) is 0 Å². The highest BCUT2D eigenvalue weighted by atomic mass is 15.6. The molecule has 0 bridgehead atoms. The van der Waals surface area contributed by atoms with E-state index in [4.69, 9.17) is 0 Å². The standard InChI is InChI=1S/C12H23N5/c1-9(2)7-13-8-12-14-15-16-17(12)10(3)6-11-4-5-11/h9-11,13H,4-8H2,1-3H3. The summed E-state index contributed by atoms with van der Waals surface area (Å²) in [7, 11) is 0. The van der Waals surface area contributed by atoms with Crippen molar-refractivity contribution in [3.05, 3.63) is 5.82 Å². The Labute approximate surface area is 103 Å². The van der Waals surface area contributed by atoms with Crippen LogP contribution >= 0.6 is 0 Å². The van der Waals surface area contributed by atoms with Crippen molar-refractivity contribution >= 4 is 0 Å². The van der Waals surface area contributed by atoms with Crippen LogP contribution in [0.2, 0.25) is 0 Å². The minimum Gasteiger partial charge on any atom is -0.310 e. The van der Waals surface area contributed by atoms with E-state index < -0.39 is 0 Å². The lowest BCUT2D eigenvalue weighted by Gasteiger charge is -2.13. The third kappa shape index (κ3) is 3.77. The van der Waals surface area contributed by atoms with Gasteiger partial charge in [0.05, 0.1) is 12.6 Å². The molecular formula is C12H23N5. The fourth-order valence-corrected chi connectivity index (χ4v) is 2.08. The molecule has 0 amide bonds. The molecular weight excluding hydrogens is 214 g/mol. The van der Waals surface area contributed by atoms with Gasteiger partial charge in [-0.15, -0.1) is 5.10 Å². The highest BCUT2D eigenvalue weighted by molar-refractivity contribution is 4.85. The van der Waals surface area contributed by atoms with Gasteiger partial charge in [-0.05, 0) is 42.2 Å². The highest BCUT2D eigenvalue weighted by Gasteiger charge is 2.25.